The quantitative estimate of drug-likeness (QED) is 0.464. The molecule has 0 saturated carbocycles. The van der Waals surface area contributed by atoms with Crippen LogP contribution >= 0.6 is 6.64 Å². The zero-order valence-electron chi connectivity index (χ0n) is 12.7. The highest BCUT2D eigenvalue weighted by atomic mass is 32.5. The normalized spacial score (nSPS) is 17.0. The first-order valence-electron chi connectivity index (χ1n) is 6.64. The lowest BCUT2D eigenvalue weighted by atomic mass is 9.91. The molecule has 1 aromatic rings. The van der Waals surface area contributed by atoms with Crippen LogP contribution in [-0.4, -0.2) is 11.5 Å². The van der Waals surface area contributed by atoms with Crippen LogP contribution in [0.3, 0.4) is 0 Å². The van der Waals surface area contributed by atoms with E-state index in [1.165, 1.54) is 6.07 Å². The van der Waals surface area contributed by atoms with Crippen molar-refractivity contribution in [3.8, 4) is 0 Å². The van der Waals surface area contributed by atoms with Crippen LogP contribution in [0.15, 0.2) is 18.2 Å². The topological polar surface area (TPSA) is 87.6 Å². The zero-order valence-corrected chi connectivity index (χ0v) is 14.4. The second kappa shape index (κ2) is 6.94. The lowest BCUT2D eigenvalue weighted by Gasteiger charge is -2.33. The van der Waals surface area contributed by atoms with Crippen molar-refractivity contribution in [2.45, 2.75) is 39.7 Å². The molecule has 0 bridgehead atoms. The van der Waals surface area contributed by atoms with Gasteiger partial charge in [-0.2, -0.15) is 0 Å². The highest BCUT2D eigenvalue weighted by molar-refractivity contribution is 8.08. The number of benzene rings is 1. The lowest BCUT2D eigenvalue weighted by Crippen LogP contribution is -2.27. The fourth-order valence-corrected chi connectivity index (χ4v) is 4.04. The van der Waals surface area contributed by atoms with Gasteiger partial charge in [0, 0.05) is 6.07 Å². The molecule has 0 spiro atoms. The largest absolute Gasteiger partial charge is 0.318 e. The second-order valence-corrected chi connectivity index (χ2v) is 7.96. The molecule has 2 N–H and O–H groups in total. The first-order valence-corrected chi connectivity index (χ1v) is 9.35. The molecule has 2 atom stereocenters. The molecule has 1 aromatic carbocycles. The van der Waals surface area contributed by atoms with E-state index < -0.39 is 17.2 Å². The van der Waals surface area contributed by atoms with Crippen molar-refractivity contribution in [2.24, 2.45) is 5.50 Å². The van der Waals surface area contributed by atoms with Crippen LogP contribution in [0, 0.1) is 17.0 Å². The zero-order chi connectivity index (χ0) is 16.3. The summed E-state index contributed by atoms with van der Waals surface area (Å²) in [5.74, 6) is 0. The van der Waals surface area contributed by atoms with E-state index in [-0.39, 0.29) is 5.69 Å². The molecule has 0 aromatic heterocycles. The molecule has 0 heterocycles. The summed E-state index contributed by atoms with van der Waals surface area (Å²) < 4.78 is 11.1. The van der Waals surface area contributed by atoms with Crippen LogP contribution in [0.2, 0.25) is 0 Å². The van der Waals surface area contributed by atoms with Gasteiger partial charge in [0.15, 0.2) is 0 Å². The van der Waals surface area contributed by atoms with Gasteiger partial charge < -0.3 is 9.05 Å². The number of nitro groups is 1. The number of nitro benzene ring substituents is 1. The molecule has 0 aliphatic carbocycles. The summed E-state index contributed by atoms with van der Waals surface area (Å²) in [5, 5.41) is 11.3. The Morgan fingerprint density at radius 2 is 2.10 bits per heavy atom. The van der Waals surface area contributed by atoms with E-state index in [0.717, 1.165) is 5.56 Å². The molecule has 118 valence electrons. The van der Waals surface area contributed by atoms with Gasteiger partial charge in [0.05, 0.1) is 17.1 Å². The van der Waals surface area contributed by atoms with Crippen molar-refractivity contribution in [1.82, 2.24) is 0 Å². The SMILES string of the molecule is CCOP(N)(=S)OC(C)(CC)c1cc(C)ccc1[N+](=O)[O-]. The molecule has 21 heavy (non-hydrogen) atoms. The molecule has 0 amide bonds. The number of hydrogen-bond donors (Lipinski definition) is 1. The van der Waals surface area contributed by atoms with Gasteiger partial charge in [-0.05, 0) is 45.1 Å². The van der Waals surface area contributed by atoms with Gasteiger partial charge in [-0.25, -0.2) is 0 Å². The van der Waals surface area contributed by atoms with Crippen molar-refractivity contribution >= 4 is 24.1 Å². The van der Waals surface area contributed by atoms with Gasteiger partial charge in [0.2, 0.25) is 0 Å². The molecule has 1 rings (SSSR count). The molecular formula is C13H21N2O4PS. The van der Waals surface area contributed by atoms with Gasteiger partial charge in [-0.3, -0.25) is 15.6 Å². The van der Waals surface area contributed by atoms with Gasteiger partial charge >= 0.3 is 0 Å². The Labute approximate surface area is 130 Å². The molecule has 0 aliphatic heterocycles. The molecule has 0 fully saturated rings. The summed E-state index contributed by atoms with van der Waals surface area (Å²) in [5.41, 5.74) is 6.30. The van der Waals surface area contributed by atoms with E-state index in [4.69, 9.17) is 26.4 Å². The molecular weight excluding hydrogens is 311 g/mol. The van der Waals surface area contributed by atoms with Crippen molar-refractivity contribution in [3.63, 3.8) is 0 Å². The molecule has 2 unspecified atom stereocenters. The summed E-state index contributed by atoms with van der Waals surface area (Å²) in [6.45, 7) is 4.65. The minimum absolute atomic E-state index is 0.00329. The van der Waals surface area contributed by atoms with E-state index in [0.29, 0.717) is 18.6 Å². The third-order valence-corrected chi connectivity index (χ3v) is 5.05. The third kappa shape index (κ3) is 4.56. The van der Waals surface area contributed by atoms with Gasteiger partial charge in [0.1, 0.15) is 5.60 Å². The standard InChI is InChI=1S/C13H21N2O4PS/c1-5-13(4,19-20(14,21)18-6-2)11-9-10(3)7-8-12(11)15(16)17/h7-9H,5-6H2,1-4H3,(H2,14,21). The monoisotopic (exact) mass is 332 g/mol. The number of rotatable bonds is 7. The summed E-state index contributed by atoms with van der Waals surface area (Å²) >= 11 is 5.17. The first-order chi connectivity index (χ1) is 9.65. The Morgan fingerprint density at radius 1 is 1.48 bits per heavy atom. The second-order valence-electron chi connectivity index (χ2n) is 4.91. The molecule has 8 heteroatoms. The highest BCUT2D eigenvalue weighted by Crippen LogP contribution is 2.50. The van der Waals surface area contributed by atoms with E-state index >= 15 is 0 Å². The maximum atomic E-state index is 11.3. The maximum absolute atomic E-state index is 11.3. The van der Waals surface area contributed by atoms with E-state index in [9.17, 15) is 10.1 Å². The average Bonchev–Trinajstić information content (AvgIpc) is 2.37. The Balaban J connectivity index is 3.34. The number of aryl methyl sites for hydroxylation is 1. The van der Waals surface area contributed by atoms with Crippen LogP contribution in [0.5, 0.6) is 0 Å². The van der Waals surface area contributed by atoms with E-state index in [1.54, 1.807) is 26.0 Å². The Hall–Kier alpha value is -0.850. The third-order valence-electron chi connectivity index (χ3n) is 3.23. The summed E-state index contributed by atoms with van der Waals surface area (Å²) in [6.07, 6.45) is 0.486. The fourth-order valence-electron chi connectivity index (χ4n) is 2.02. The number of hydrogen-bond acceptors (Lipinski definition) is 5. The molecule has 0 radical (unpaired) electrons. The van der Waals surface area contributed by atoms with Crippen molar-refractivity contribution in [3.05, 3.63) is 39.4 Å². The maximum Gasteiger partial charge on any atom is 0.275 e. The highest BCUT2D eigenvalue weighted by Gasteiger charge is 2.37. The molecule has 0 saturated heterocycles. The first kappa shape index (κ1) is 18.2. The van der Waals surface area contributed by atoms with Gasteiger partial charge in [-0.1, -0.05) is 18.6 Å². The van der Waals surface area contributed by atoms with E-state index in [1.807, 2.05) is 13.8 Å². The number of nitrogens with two attached hydrogens (primary N) is 1. The number of nitrogens with zero attached hydrogens (tertiary/aromatic N) is 1. The average molecular weight is 332 g/mol. The van der Waals surface area contributed by atoms with E-state index in [2.05, 4.69) is 0 Å². The van der Waals surface area contributed by atoms with Crippen LogP contribution in [0.1, 0.15) is 38.3 Å². The van der Waals surface area contributed by atoms with Crippen LogP contribution in [0.25, 0.3) is 0 Å². The Bertz CT molecular complexity index is 581. The summed E-state index contributed by atoms with van der Waals surface area (Å²) in [4.78, 5) is 10.8. The Morgan fingerprint density at radius 3 is 2.57 bits per heavy atom. The van der Waals surface area contributed by atoms with Crippen molar-refractivity contribution in [1.29, 1.82) is 0 Å². The van der Waals surface area contributed by atoms with Crippen LogP contribution in [-0.2, 0) is 26.5 Å². The van der Waals surface area contributed by atoms with Crippen molar-refractivity contribution in [2.75, 3.05) is 6.61 Å². The van der Waals surface area contributed by atoms with Crippen molar-refractivity contribution < 1.29 is 14.0 Å². The van der Waals surface area contributed by atoms with Gasteiger partial charge in [-0.15, -0.1) is 0 Å². The minimum atomic E-state index is -2.95. The van der Waals surface area contributed by atoms with Gasteiger partial charge in [0.25, 0.3) is 12.3 Å². The smallest absolute Gasteiger partial charge is 0.275 e. The lowest BCUT2D eigenvalue weighted by molar-refractivity contribution is -0.386. The fraction of sp³-hybridized carbons (Fsp3) is 0.538. The Kier molecular flexibility index (Phi) is 6.01. The predicted octanol–water partition coefficient (Wildman–Crippen LogP) is 3.76. The molecule has 0 aliphatic rings. The van der Waals surface area contributed by atoms with Crippen LogP contribution in [0.4, 0.5) is 5.69 Å². The molecule has 6 nitrogen and oxygen atoms in total. The summed E-state index contributed by atoms with van der Waals surface area (Å²) in [7, 11) is 0. The predicted molar refractivity (Wildman–Crippen MR) is 86.7 cm³/mol. The van der Waals surface area contributed by atoms with Crippen LogP contribution < -0.4 is 5.50 Å². The summed E-state index contributed by atoms with van der Waals surface area (Å²) in [6, 6.07) is 4.91. The minimum Gasteiger partial charge on any atom is -0.318 e.